The van der Waals surface area contributed by atoms with Crippen molar-refractivity contribution < 1.29 is 20.6 Å². The molecule has 2 aromatic carbocycles. The molecular weight excluding hydrogens is 342 g/mol. The number of nitrogens with zero attached hydrogens (tertiary/aromatic N) is 2. The first-order chi connectivity index (χ1) is 11.8. The van der Waals surface area contributed by atoms with Crippen LogP contribution >= 0.6 is 11.3 Å². The molecule has 0 fully saturated rings. The van der Waals surface area contributed by atoms with Gasteiger partial charge in [-0.15, -0.1) is 11.3 Å². The van der Waals surface area contributed by atoms with Gasteiger partial charge in [0, 0.05) is 11.6 Å². The second kappa shape index (κ2) is 7.82. The molecule has 130 valence electrons. The number of nitro groups is 1. The zero-order valence-electron chi connectivity index (χ0n) is 13.8. The fraction of sp³-hybridized carbons (Fsp3) is 0.176. The minimum absolute atomic E-state index is 0.199. The molecule has 0 amide bonds. The van der Waals surface area contributed by atoms with Gasteiger partial charge >= 0.3 is 0 Å². The number of hydrogen-bond acceptors (Lipinski definition) is 6. The number of fused-ring (bicyclic) bond motifs is 1. The first kappa shape index (κ1) is 18.5. The van der Waals surface area contributed by atoms with Gasteiger partial charge in [0.2, 0.25) is 0 Å². The summed E-state index contributed by atoms with van der Waals surface area (Å²) in [6.45, 7) is 4.11. The summed E-state index contributed by atoms with van der Waals surface area (Å²) in [4.78, 5) is 25.9. The van der Waals surface area contributed by atoms with Gasteiger partial charge in [-0.3, -0.25) is 10.1 Å². The van der Waals surface area contributed by atoms with E-state index in [0.717, 1.165) is 10.8 Å². The van der Waals surface area contributed by atoms with E-state index >= 15 is 0 Å². The highest BCUT2D eigenvalue weighted by atomic mass is 32.1. The molecule has 0 saturated heterocycles. The average molecular weight is 359 g/mol. The number of carbonyl (C=O) groups excluding carboxylic acids is 1. The number of aromatic nitrogens is 1. The SMILES string of the molecule is CC(C)[NH3+].O=C([O-])c1c(-c2nc3ccccc3s2)cccc1[N+](=O)[O-]. The number of quaternary nitrogens is 1. The van der Waals surface area contributed by atoms with Crippen molar-refractivity contribution >= 4 is 33.2 Å². The van der Waals surface area contributed by atoms with E-state index in [2.05, 4.69) is 24.6 Å². The van der Waals surface area contributed by atoms with Crippen molar-refractivity contribution in [3.8, 4) is 10.6 Å². The number of nitro benzene ring substituents is 1. The average Bonchev–Trinajstić information content (AvgIpc) is 2.97. The number of carbonyl (C=O) groups is 1. The molecule has 0 aliphatic heterocycles. The summed E-state index contributed by atoms with van der Waals surface area (Å²) in [5.41, 5.74) is 3.62. The molecular formula is C17H17N3O4S. The first-order valence-electron chi connectivity index (χ1n) is 7.49. The largest absolute Gasteiger partial charge is 0.545 e. The van der Waals surface area contributed by atoms with Crippen LogP contribution in [0.3, 0.4) is 0 Å². The molecule has 7 nitrogen and oxygen atoms in total. The Balaban J connectivity index is 0.000000511. The molecule has 0 spiro atoms. The molecule has 0 aliphatic carbocycles. The van der Waals surface area contributed by atoms with Crippen LogP contribution in [0.2, 0.25) is 0 Å². The number of para-hydroxylation sites is 1. The van der Waals surface area contributed by atoms with E-state index < -0.39 is 22.1 Å². The molecule has 0 bridgehead atoms. The van der Waals surface area contributed by atoms with E-state index in [-0.39, 0.29) is 5.56 Å². The van der Waals surface area contributed by atoms with Crippen LogP contribution in [-0.4, -0.2) is 21.9 Å². The first-order valence-corrected chi connectivity index (χ1v) is 8.30. The fourth-order valence-electron chi connectivity index (χ4n) is 2.07. The summed E-state index contributed by atoms with van der Waals surface area (Å²) in [6.07, 6.45) is 0. The van der Waals surface area contributed by atoms with Gasteiger partial charge in [-0.1, -0.05) is 24.3 Å². The van der Waals surface area contributed by atoms with Crippen molar-refractivity contribution in [1.29, 1.82) is 0 Å². The topological polar surface area (TPSA) is 124 Å². The molecule has 0 unspecified atom stereocenters. The smallest absolute Gasteiger partial charge is 0.279 e. The quantitative estimate of drug-likeness (QED) is 0.565. The van der Waals surface area contributed by atoms with Crippen LogP contribution in [-0.2, 0) is 0 Å². The Morgan fingerprint density at radius 3 is 2.40 bits per heavy atom. The van der Waals surface area contributed by atoms with Crippen LogP contribution in [0.25, 0.3) is 20.8 Å². The van der Waals surface area contributed by atoms with Crippen LogP contribution in [0, 0.1) is 10.1 Å². The zero-order valence-corrected chi connectivity index (χ0v) is 14.6. The normalized spacial score (nSPS) is 10.4. The summed E-state index contributed by atoms with van der Waals surface area (Å²) in [5.74, 6) is -1.59. The van der Waals surface area contributed by atoms with Gasteiger partial charge in [0.15, 0.2) is 0 Å². The number of hydrogen-bond donors (Lipinski definition) is 1. The predicted molar refractivity (Wildman–Crippen MR) is 94.1 cm³/mol. The lowest BCUT2D eigenvalue weighted by Gasteiger charge is -2.08. The number of benzene rings is 2. The fourth-order valence-corrected chi connectivity index (χ4v) is 3.07. The number of rotatable bonds is 3. The van der Waals surface area contributed by atoms with E-state index in [9.17, 15) is 20.0 Å². The monoisotopic (exact) mass is 359 g/mol. The van der Waals surface area contributed by atoms with Gasteiger partial charge in [-0.05, 0) is 26.0 Å². The van der Waals surface area contributed by atoms with E-state index in [1.54, 1.807) is 6.07 Å². The van der Waals surface area contributed by atoms with Gasteiger partial charge < -0.3 is 15.6 Å². The molecule has 3 rings (SSSR count). The molecule has 3 aromatic rings. The van der Waals surface area contributed by atoms with Crippen LogP contribution in [0.1, 0.15) is 24.2 Å². The number of aromatic carboxylic acids is 1. The van der Waals surface area contributed by atoms with Crippen LogP contribution < -0.4 is 10.8 Å². The molecule has 1 heterocycles. The van der Waals surface area contributed by atoms with Crippen molar-refractivity contribution in [2.75, 3.05) is 0 Å². The molecule has 0 radical (unpaired) electrons. The second-order valence-electron chi connectivity index (χ2n) is 5.62. The summed E-state index contributed by atoms with van der Waals surface area (Å²) >= 11 is 1.28. The number of carboxylic acids is 1. The minimum Gasteiger partial charge on any atom is -0.545 e. The molecule has 3 N–H and O–H groups in total. The van der Waals surface area contributed by atoms with E-state index in [1.165, 1.54) is 23.5 Å². The van der Waals surface area contributed by atoms with Crippen molar-refractivity contribution in [2.45, 2.75) is 19.9 Å². The Morgan fingerprint density at radius 2 is 1.84 bits per heavy atom. The van der Waals surface area contributed by atoms with Gasteiger partial charge in [0.1, 0.15) is 5.01 Å². The second-order valence-corrected chi connectivity index (χ2v) is 6.66. The van der Waals surface area contributed by atoms with Crippen LogP contribution in [0.15, 0.2) is 42.5 Å². The Hall–Kier alpha value is -2.84. The highest BCUT2D eigenvalue weighted by Crippen LogP contribution is 2.35. The summed E-state index contributed by atoms with van der Waals surface area (Å²) < 4.78 is 0.878. The van der Waals surface area contributed by atoms with Crippen molar-refractivity contribution in [2.24, 2.45) is 0 Å². The highest BCUT2D eigenvalue weighted by Gasteiger charge is 2.21. The Morgan fingerprint density at radius 1 is 1.20 bits per heavy atom. The van der Waals surface area contributed by atoms with E-state index in [0.29, 0.717) is 16.6 Å². The van der Waals surface area contributed by atoms with Gasteiger partial charge in [-0.2, -0.15) is 0 Å². The summed E-state index contributed by atoms with van der Waals surface area (Å²) in [6, 6.07) is 12.0. The number of carboxylic acid groups (broad SMARTS) is 1. The Bertz CT molecular complexity index is 885. The highest BCUT2D eigenvalue weighted by molar-refractivity contribution is 7.21. The van der Waals surface area contributed by atoms with Crippen LogP contribution in [0.5, 0.6) is 0 Å². The van der Waals surface area contributed by atoms with Crippen molar-refractivity contribution in [1.82, 2.24) is 4.98 Å². The molecule has 0 aliphatic rings. The van der Waals surface area contributed by atoms with Crippen molar-refractivity contribution in [3.63, 3.8) is 0 Å². The molecule has 0 saturated carbocycles. The van der Waals surface area contributed by atoms with Gasteiger partial charge in [0.05, 0.1) is 32.7 Å². The Labute approximate surface area is 147 Å². The third-order valence-electron chi connectivity index (χ3n) is 2.97. The lowest BCUT2D eigenvalue weighted by Crippen LogP contribution is -2.57. The van der Waals surface area contributed by atoms with Crippen LogP contribution in [0.4, 0.5) is 5.69 Å². The molecule has 25 heavy (non-hydrogen) atoms. The molecule has 1 aromatic heterocycles. The third kappa shape index (κ3) is 4.37. The maximum absolute atomic E-state index is 11.3. The summed E-state index contributed by atoms with van der Waals surface area (Å²) in [7, 11) is 0. The number of thiazole rings is 1. The van der Waals surface area contributed by atoms with Gasteiger partial charge in [-0.25, -0.2) is 4.98 Å². The lowest BCUT2D eigenvalue weighted by molar-refractivity contribution is -0.407. The van der Waals surface area contributed by atoms with Gasteiger partial charge in [0.25, 0.3) is 5.69 Å². The predicted octanol–water partition coefficient (Wildman–Crippen LogP) is 1.87. The van der Waals surface area contributed by atoms with E-state index in [1.807, 2.05) is 18.2 Å². The Kier molecular flexibility index (Phi) is 5.79. The minimum atomic E-state index is -1.59. The maximum Gasteiger partial charge on any atom is 0.279 e. The van der Waals surface area contributed by atoms with Crippen molar-refractivity contribution in [3.05, 3.63) is 58.1 Å². The maximum atomic E-state index is 11.3. The molecule has 0 atom stereocenters. The third-order valence-corrected chi connectivity index (χ3v) is 4.04. The summed E-state index contributed by atoms with van der Waals surface area (Å²) in [5, 5.41) is 22.7. The lowest BCUT2D eigenvalue weighted by atomic mass is 10.1. The van der Waals surface area contributed by atoms with E-state index in [4.69, 9.17) is 0 Å². The standard InChI is InChI=1S/C14H8N2O4S.C3H9N/c17-14(18)12-8(4-3-6-10(12)16(19)20)13-15-9-5-1-2-7-11(9)21-13;1-3(2)4/h1-7H,(H,17,18);3H,4H2,1-2H3. The zero-order chi connectivity index (χ0) is 18.6. The molecule has 8 heteroatoms.